The number of carbonyl (C=O) groups is 1. The van der Waals surface area contributed by atoms with E-state index in [1.165, 1.54) is 0 Å². The van der Waals surface area contributed by atoms with E-state index in [2.05, 4.69) is 4.98 Å². The van der Waals surface area contributed by atoms with Gasteiger partial charge >= 0.3 is 12.1 Å². The predicted molar refractivity (Wildman–Crippen MR) is 95.7 cm³/mol. The second-order valence-electron chi connectivity index (χ2n) is 6.03. The summed E-state index contributed by atoms with van der Waals surface area (Å²) in [6.07, 6.45) is -4.53. The molecule has 0 unspecified atom stereocenters. The molecule has 0 fully saturated rings. The van der Waals surface area contributed by atoms with Crippen molar-refractivity contribution in [1.29, 1.82) is 0 Å². The van der Waals surface area contributed by atoms with Crippen molar-refractivity contribution in [3.63, 3.8) is 0 Å². The standard InChI is InChI=1S/C19H21F3N2O3/c1-5-26-18(25)12(2)27-15-8-6-7-13(9-15)16-10-14(19(20,21)22)11-23-17(16)24(3)4/h6-12H,5H2,1-4H3/t12-/m0/s1. The lowest BCUT2D eigenvalue weighted by molar-refractivity contribution is -0.150. The number of hydrogen-bond donors (Lipinski definition) is 0. The molecule has 0 saturated carbocycles. The Labute approximate surface area is 155 Å². The number of alkyl halides is 3. The highest BCUT2D eigenvalue weighted by atomic mass is 19.4. The van der Waals surface area contributed by atoms with Gasteiger partial charge in [0.25, 0.3) is 0 Å². The van der Waals surface area contributed by atoms with Crippen LogP contribution in [0.4, 0.5) is 19.0 Å². The van der Waals surface area contributed by atoms with Crippen molar-refractivity contribution in [3.8, 4) is 16.9 Å². The molecule has 146 valence electrons. The third-order valence-corrected chi connectivity index (χ3v) is 3.69. The maximum absolute atomic E-state index is 13.1. The Morgan fingerprint density at radius 2 is 1.96 bits per heavy atom. The van der Waals surface area contributed by atoms with Crippen molar-refractivity contribution < 1.29 is 27.4 Å². The van der Waals surface area contributed by atoms with E-state index in [1.807, 2.05) is 0 Å². The Kier molecular flexibility index (Phi) is 6.30. The number of rotatable bonds is 6. The van der Waals surface area contributed by atoms with E-state index in [4.69, 9.17) is 9.47 Å². The largest absolute Gasteiger partial charge is 0.479 e. The summed E-state index contributed by atoms with van der Waals surface area (Å²) >= 11 is 0. The minimum atomic E-state index is -4.50. The van der Waals surface area contributed by atoms with Crippen molar-refractivity contribution in [1.82, 2.24) is 4.98 Å². The number of halogens is 3. The van der Waals surface area contributed by atoms with Gasteiger partial charge in [-0.2, -0.15) is 13.2 Å². The maximum Gasteiger partial charge on any atom is 0.417 e. The molecule has 0 spiro atoms. The van der Waals surface area contributed by atoms with E-state index in [-0.39, 0.29) is 6.61 Å². The second-order valence-corrected chi connectivity index (χ2v) is 6.03. The highest BCUT2D eigenvalue weighted by Crippen LogP contribution is 2.36. The molecule has 1 aromatic heterocycles. The molecule has 0 bridgehead atoms. The van der Waals surface area contributed by atoms with Crippen molar-refractivity contribution in [3.05, 3.63) is 42.1 Å². The van der Waals surface area contributed by atoms with Crippen LogP contribution in [-0.4, -0.2) is 37.8 Å². The first-order valence-electron chi connectivity index (χ1n) is 8.31. The van der Waals surface area contributed by atoms with Crippen LogP contribution in [0.3, 0.4) is 0 Å². The van der Waals surface area contributed by atoms with Gasteiger partial charge in [-0.25, -0.2) is 9.78 Å². The summed E-state index contributed by atoms with van der Waals surface area (Å²) in [5.41, 5.74) is -0.0377. The van der Waals surface area contributed by atoms with Gasteiger partial charge in [0.1, 0.15) is 11.6 Å². The number of ether oxygens (including phenoxy) is 2. The van der Waals surface area contributed by atoms with E-state index >= 15 is 0 Å². The molecular weight excluding hydrogens is 361 g/mol. The molecule has 2 aromatic rings. The molecule has 1 atom stereocenters. The van der Waals surface area contributed by atoms with Gasteiger partial charge in [0.05, 0.1) is 12.2 Å². The molecule has 0 N–H and O–H groups in total. The Morgan fingerprint density at radius 1 is 1.26 bits per heavy atom. The Hall–Kier alpha value is -2.77. The van der Waals surface area contributed by atoms with Crippen LogP contribution in [0.1, 0.15) is 19.4 Å². The normalized spacial score (nSPS) is 12.4. The number of nitrogens with zero attached hydrogens (tertiary/aromatic N) is 2. The first-order chi connectivity index (χ1) is 12.6. The number of aromatic nitrogens is 1. The zero-order valence-corrected chi connectivity index (χ0v) is 15.5. The number of pyridine rings is 1. The summed E-state index contributed by atoms with van der Waals surface area (Å²) in [5, 5.41) is 0. The zero-order chi connectivity index (χ0) is 20.2. The molecule has 1 aromatic carbocycles. The summed E-state index contributed by atoms with van der Waals surface area (Å²) in [6.45, 7) is 3.46. The van der Waals surface area contributed by atoms with Crippen LogP contribution < -0.4 is 9.64 Å². The predicted octanol–water partition coefficient (Wildman–Crippen LogP) is 4.16. The Bertz CT molecular complexity index is 807. The molecule has 1 heterocycles. The topological polar surface area (TPSA) is 51.7 Å². The number of anilines is 1. The fourth-order valence-corrected chi connectivity index (χ4v) is 2.43. The van der Waals surface area contributed by atoms with Crippen LogP contribution in [-0.2, 0) is 15.7 Å². The van der Waals surface area contributed by atoms with Crippen LogP contribution in [0.15, 0.2) is 36.5 Å². The molecule has 0 amide bonds. The average molecular weight is 382 g/mol. The van der Waals surface area contributed by atoms with Gasteiger partial charge in [0.2, 0.25) is 0 Å². The molecule has 0 saturated heterocycles. The SMILES string of the molecule is CCOC(=O)[C@H](C)Oc1cccc(-c2cc(C(F)(F)F)cnc2N(C)C)c1. The summed E-state index contributed by atoms with van der Waals surface area (Å²) in [6, 6.07) is 7.54. The lowest BCUT2D eigenvalue weighted by Crippen LogP contribution is -2.26. The Morgan fingerprint density at radius 3 is 2.56 bits per heavy atom. The molecule has 0 radical (unpaired) electrons. The third-order valence-electron chi connectivity index (χ3n) is 3.69. The maximum atomic E-state index is 13.1. The molecule has 0 aliphatic rings. The fourth-order valence-electron chi connectivity index (χ4n) is 2.43. The molecule has 8 heteroatoms. The van der Waals surface area contributed by atoms with Crippen LogP contribution in [0, 0.1) is 0 Å². The van der Waals surface area contributed by atoms with Gasteiger partial charge in [-0.15, -0.1) is 0 Å². The van der Waals surface area contributed by atoms with Gasteiger partial charge in [-0.3, -0.25) is 0 Å². The highest BCUT2D eigenvalue weighted by Gasteiger charge is 2.32. The first-order valence-corrected chi connectivity index (χ1v) is 8.31. The first kappa shape index (κ1) is 20.5. The van der Waals surface area contributed by atoms with Gasteiger partial charge in [-0.05, 0) is 37.6 Å². The number of hydrogen-bond acceptors (Lipinski definition) is 5. The van der Waals surface area contributed by atoms with E-state index < -0.39 is 23.8 Å². The average Bonchev–Trinajstić information content (AvgIpc) is 2.60. The molecule has 5 nitrogen and oxygen atoms in total. The summed E-state index contributed by atoms with van der Waals surface area (Å²) in [7, 11) is 3.39. The quantitative estimate of drug-likeness (QED) is 0.702. The van der Waals surface area contributed by atoms with Crippen molar-refractivity contribution in [2.24, 2.45) is 0 Å². The fraction of sp³-hybridized carbons (Fsp3) is 0.368. The van der Waals surface area contributed by atoms with Crippen molar-refractivity contribution >= 4 is 11.8 Å². The van der Waals surface area contributed by atoms with Crippen LogP contribution in [0.2, 0.25) is 0 Å². The Balaban J connectivity index is 2.42. The van der Waals surface area contributed by atoms with Gasteiger partial charge in [-0.1, -0.05) is 12.1 Å². The summed E-state index contributed by atoms with van der Waals surface area (Å²) in [4.78, 5) is 17.3. The smallest absolute Gasteiger partial charge is 0.417 e. The summed E-state index contributed by atoms with van der Waals surface area (Å²) in [5.74, 6) is 0.214. The van der Waals surface area contributed by atoms with E-state index in [0.29, 0.717) is 22.7 Å². The van der Waals surface area contributed by atoms with Crippen molar-refractivity contribution in [2.45, 2.75) is 26.1 Å². The zero-order valence-electron chi connectivity index (χ0n) is 15.5. The van der Waals surface area contributed by atoms with Gasteiger partial charge < -0.3 is 14.4 Å². The minimum Gasteiger partial charge on any atom is -0.479 e. The lowest BCUT2D eigenvalue weighted by Gasteiger charge is -2.19. The number of carbonyl (C=O) groups excluding carboxylic acids is 1. The minimum absolute atomic E-state index is 0.231. The second kappa shape index (κ2) is 8.28. The van der Waals surface area contributed by atoms with Crippen LogP contribution >= 0.6 is 0 Å². The highest BCUT2D eigenvalue weighted by molar-refractivity contribution is 5.77. The third kappa shape index (κ3) is 5.12. The van der Waals surface area contributed by atoms with Gasteiger partial charge in [0.15, 0.2) is 6.10 Å². The van der Waals surface area contributed by atoms with E-state index in [9.17, 15) is 18.0 Å². The molecule has 2 rings (SSSR count). The molecule has 0 aliphatic heterocycles. The monoisotopic (exact) mass is 382 g/mol. The van der Waals surface area contributed by atoms with E-state index in [1.54, 1.807) is 57.1 Å². The number of benzene rings is 1. The molecular formula is C19H21F3N2O3. The summed E-state index contributed by atoms with van der Waals surface area (Å²) < 4.78 is 49.7. The molecule has 0 aliphatic carbocycles. The van der Waals surface area contributed by atoms with Crippen molar-refractivity contribution in [2.75, 3.05) is 25.6 Å². The lowest BCUT2D eigenvalue weighted by atomic mass is 10.0. The number of esters is 1. The van der Waals surface area contributed by atoms with Gasteiger partial charge in [0, 0.05) is 25.9 Å². The van der Waals surface area contributed by atoms with E-state index in [0.717, 1.165) is 12.3 Å². The van der Waals surface area contributed by atoms with Crippen LogP contribution in [0.5, 0.6) is 5.75 Å². The molecule has 27 heavy (non-hydrogen) atoms. The van der Waals surface area contributed by atoms with Crippen LogP contribution in [0.25, 0.3) is 11.1 Å².